The summed E-state index contributed by atoms with van der Waals surface area (Å²) in [7, 11) is 0. The summed E-state index contributed by atoms with van der Waals surface area (Å²) >= 11 is 3.12. The molecule has 0 aliphatic rings. The Balaban J connectivity index is 1.71. The SMILES string of the molecule is C[C@@H](NC(=O)c1csc(-c2ccsc2)n1)c1ccccc1. The Labute approximate surface area is 131 Å². The highest BCUT2D eigenvalue weighted by Gasteiger charge is 2.15. The number of aromatic nitrogens is 1. The molecule has 0 fully saturated rings. The largest absolute Gasteiger partial charge is 0.344 e. The average Bonchev–Trinajstić information content (AvgIpc) is 3.19. The molecule has 3 nitrogen and oxygen atoms in total. The third-order valence-electron chi connectivity index (χ3n) is 3.15. The molecule has 1 atom stereocenters. The van der Waals surface area contributed by atoms with Crippen molar-refractivity contribution in [1.82, 2.24) is 10.3 Å². The number of nitrogens with one attached hydrogen (secondary N) is 1. The first-order valence-corrected chi connectivity index (χ1v) is 8.40. The number of benzene rings is 1. The van der Waals surface area contributed by atoms with Crippen LogP contribution in [-0.2, 0) is 0 Å². The molecule has 0 saturated heterocycles. The van der Waals surface area contributed by atoms with Crippen molar-refractivity contribution in [2.24, 2.45) is 0 Å². The molecule has 1 aromatic carbocycles. The third-order valence-corrected chi connectivity index (χ3v) is 4.73. The summed E-state index contributed by atoms with van der Waals surface area (Å²) in [6, 6.07) is 11.9. The Bertz CT molecular complexity index is 720. The van der Waals surface area contributed by atoms with Gasteiger partial charge in [0.25, 0.3) is 5.91 Å². The van der Waals surface area contributed by atoms with E-state index in [4.69, 9.17) is 0 Å². The minimum atomic E-state index is -0.135. The monoisotopic (exact) mass is 314 g/mol. The molecule has 0 bridgehead atoms. The van der Waals surface area contributed by atoms with Crippen LogP contribution in [0.5, 0.6) is 0 Å². The lowest BCUT2D eigenvalue weighted by molar-refractivity contribution is 0.0935. The molecule has 3 rings (SSSR count). The van der Waals surface area contributed by atoms with Gasteiger partial charge >= 0.3 is 0 Å². The van der Waals surface area contributed by atoms with E-state index in [0.717, 1.165) is 16.1 Å². The van der Waals surface area contributed by atoms with Crippen molar-refractivity contribution in [3.8, 4) is 10.6 Å². The van der Waals surface area contributed by atoms with Crippen LogP contribution >= 0.6 is 22.7 Å². The molecule has 1 amide bonds. The van der Waals surface area contributed by atoms with E-state index < -0.39 is 0 Å². The predicted octanol–water partition coefficient (Wildman–Crippen LogP) is 4.36. The zero-order valence-corrected chi connectivity index (χ0v) is 13.1. The lowest BCUT2D eigenvalue weighted by atomic mass is 10.1. The van der Waals surface area contributed by atoms with Crippen molar-refractivity contribution in [2.45, 2.75) is 13.0 Å². The molecule has 3 aromatic rings. The summed E-state index contributed by atoms with van der Waals surface area (Å²) in [5.41, 5.74) is 2.63. The molecule has 0 unspecified atom stereocenters. The van der Waals surface area contributed by atoms with Gasteiger partial charge in [-0.3, -0.25) is 4.79 Å². The zero-order valence-electron chi connectivity index (χ0n) is 11.4. The van der Waals surface area contributed by atoms with Gasteiger partial charge < -0.3 is 5.32 Å². The minimum absolute atomic E-state index is 0.0370. The summed E-state index contributed by atoms with van der Waals surface area (Å²) in [5.74, 6) is -0.135. The second-order valence-corrected chi connectivity index (χ2v) is 6.29. The van der Waals surface area contributed by atoms with E-state index in [-0.39, 0.29) is 11.9 Å². The Hall–Kier alpha value is -1.98. The van der Waals surface area contributed by atoms with Gasteiger partial charge in [0.1, 0.15) is 10.7 Å². The lowest BCUT2D eigenvalue weighted by Gasteiger charge is -2.13. The number of hydrogen-bond acceptors (Lipinski definition) is 4. The zero-order chi connectivity index (χ0) is 14.7. The second kappa shape index (κ2) is 6.20. The molecular weight excluding hydrogens is 300 g/mol. The summed E-state index contributed by atoms with van der Waals surface area (Å²) < 4.78 is 0. The fraction of sp³-hybridized carbons (Fsp3) is 0.125. The summed E-state index contributed by atoms with van der Waals surface area (Å²) in [5, 5.41) is 9.71. The number of amides is 1. The first-order valence-electron chi connectivity index (χ1n) is 6.58. The fourth-order valence-electron chi connectivity index (χ4n) is 1.99. The smallest absolute Gasteiger partial charge is 0.271 e. The Kier molecular flexibility index (Phi) is 4.13. The maximum atomic E-state index is 12.2. The topological polar surface area (TPSA) is 42.0 Å². The van der Waals surface area contributed by atoms with Crippen molar-refractivity contribution >= 4 is 28.6 Å². The molecule has 2 heterocycles. The quantitative estimate of drug-likeness (QED) is 0.777. The summed E-state index contributed by atoms with van der Waals surface area (Å²) in [6.45, 7) is 1.97. The highest BCUT2D eigenvalue weighted by molar-refractivity contribution is 7.14. The van der Waals surface area contributed by atoms with Crippen LogP contribution in [0.4, 0.5) is 0 Å². The molecule has 0 aliphatic heterocycles. The molecule has 21 heavy (non-hydrogen) atoms. The van der Waals surface area contributed by atoms with Gasteiger partial charge in [-0.1, -0.05) is 30.3 Å². The van der Waals surface area contributed by atoms with Crippen LogP contribution in [0.25, 0.3) is 10.6 Å². The number of carbonyl (C=O) groups is 1. The summed E-state index contributed by atoms with van der Waals surface area (Å²) in [4.78, 5) is 16.7. The average molecular weight is 314 g/mol. The first kappa shape index (κ1) is 14.0. The Morgan fingerprint density at radius 2 is 2.00 bits per heavy atom. The molecular formula is C16H14N2OS2. The molecule has 2 aromatic heterocycles. The molecule has 0 radical (unpaired) electrons. The standard InChI is InChI=1S/C16H14N2OS2/c1-11(12-5-3-2-4-6-12)17-15(19)14-10-21-16(18-14)13-7-8-20-9-13/h2-11H,1H3,(H,17,19)/t11-/m1/s1. The van der Waals surface area contributed by atoms with E-state index in [0.29, 0.717) is 5.69 Å². The van der Waals surface area contributed by atoms with Crippen molar-refractivity contribution < 1.29 is 4.79 Å². The number of rotatable bonds is 4. The molecule has 106 valence electrons. The first-order chi connectivity index (χ1) is 10.2. The minimum Gasteiger partial charge on any atom is -0.344 e. The Morgan fingerprint density at radius 3 is 2.71 bits per heavy atom. The van der Waals surface area contributed by atoms with Crippen LogP contribution < -0.4 is 5.32 Å². The normalized spacial score (nSPS) is 12.0. The number of thiophene rings is 1. The van der Waals surface area contributed by atoms with Crippen molar-refractivity contribution in [1.29, 1.82) is 0 Å². The van der Waals surface area contributed by atoms with Crippen LogP contribution in [0.1, 0.15) is 29.0 Å². The van der Waals surface area contributed by atoms with Crippen LogP contribution in [0.15, 0.2) is 52.5 Å². The van der Waals surface area contributed by atoms with Gasteiger partial charge in [-0.2, -0.15) is 11.3 Å². The highest BCUT2D eigenvalue weighted by Crippen LogP contribution is 2.25. The fourth-order valence-corrected chi connectivity index (χ4v) is 3.50. The van der Waals surface area contributed by atoms with Gasteiger partial charge in [0.05, 0.1) is 6.04 Å². The number of carbonyl (C=O) groups excluding carboxylic acids is 1. The van der Waals surface area contributed by atoms with E-state index in [2.05, 4.69) is 10.3 Å². The van der Waals surface area contributed by atoms with Crippen LogP contribution in [0, 0.1) is 0 Å². The number of nitrogens with zero attached hydrogens (tertiary/aromatic N) is 1. The van der Waals surface area contributed by atoms with Gasteiger partial charge in [0.15, 0.2) is 0 Å². The molecule has 0 aliphatic carbocycles. The van der Waals surface area contributed by atoms with Crippen molar-refractivity contribution in [2.75, 3.05) is 0 Å². The lowest BCUT2D eigenvalue weighted by Crippen LogP contribution is -2.26. The van der Waals surface area contributed by atoms with Crippen molar-refractivity contribution in [3.63, 3.8) is 0 Å². The summed E-state index contributed by atoms with van der Waals surface area (Å²) in [6.07, 6.45) is 0. The predicted molar refractivity (Wildman–Crippen MR) is 87.8 cm³/mol. The maximum Gasteiger partial charge on any atom is 0.271 e. The number of thiazole rings is 1. The van der Waals surface area contributed by atoms with E-state index in [1.807, 2.05) is 54.1 Å². The van der Waals surface area contributed by atoms with Gasteiger partial charge in [-0.25, -0.2) is 4.98 Å². The molecule has 5 heteroatoms. The van der Waals surface area contributed by atoms with Gasteiger partial charge in [-0.05, 0) is 23.9 Å². The van der Waals surface area contributed by atoms with Crippen LogP contribution in [0.3, 0.4) is 0 Å². The van der Waals surface area contributed by atoms with Gasteiger partial charge in [0.2, 0.25) is 0 Å². The van der Waals surface area contributed by atoms with E-state index in [1.165, 1.54) is 11.3 Å². The van der Waals surface area contributed by atoms with Crippen LogP contribution in [0.2, 0.25) is 0 Å². The number of hydrogen-bond donors (Lipinski definition) is 1. The van der Waals surface area contributed by atoms with Gasteiger partial charge in [-0.15, -0.1) is 11.3 Å². The maximum absolute atomic E-state index is 12.2. The van der Waals surface area contributed by atoms with Gasteiger partial charge in [0, 0.05) is 16.3 Å². The second-order valence-electron chi connectivity index (χ2n) is 4.66. The van der Waals surface area contributed by atoms with E-state index in [1.54, 1.807) is 16.7 Å². The van der Waals surface area contributed by atoms with E-state index in [9.17, 15) is 4.79 Å². The molecule has 1 N–H and O–H groups in total. The molecule has 0 saturated carbocycles. The van der Waals surface area contributed by atoms with Crippen LogP contribution in [-0.4, -0.2) is 10.9 Å². The van der Waals surface area contributed by atoms with E-state index >= 15 is 0 Å². The Morgan fingerprint density at radius 1 is 1.19 bits per heavy atom. The third kappa shape index (κ3) is 3.20. The molecule has 0 spiro atoms. The highest BCUT2D eigenvalue weighted by atomic mass is 32.1. The van der Waals surface area contributed by atoms with Crippen molar-refractivity contribution in [3.05, 3.63) is 63.8 Å².